The fourth-order valence-corrected chi connectivity index (χ4v) is 17.5. The Balaban J connectivity index is 1.10. The van der Waals surface area contributed by atoms with Crippen LogP contribution >= 0.6 is 11.8 Å². The van der Waals surface area contributed by atoms with Crippen LogP contribution in [0.5, 0.6) is 5.75 Å². The number of aromatic hydroxyl groups is 1. The molecular formula is C90H126N24O21S. The molecule has 3 fully saturated rings. The van der Waals surface area contributed by atoms with E-state index in [9.17, 15) is 58.5 Å². The van der Waals surface area contributed by atoms with Crippen LogP contribution in [-0.4, -0.2) is 336 Å². The van der Waals surface area contributed by atoms with E-state index in [4.69, 9.17) is 27.3 Å². The molecule has 15 atom stereocenters. The lowest BCUT2D eigenvalue weighted by molar-refractivity contribution is -0.149. The maximum Gasteiger partial charge on any atom is 0.246 e. The molecule has 0 unspecified atom stereocenters. The number of phenolic OH excluding ortho intramolecular Hbond substituents is 1. The Morgan fingerprint density at radius 1 is 0.581 bits per heavy atom. The highest BCUT2D eigenvalue weighted by atomic mass is 32.2. The number of H-pyrrole nitrogens is 3. The number of aliphatic hydroxyl groups excluding tert-OH is 2. The average Bonchev–Trinajstić information content (AvgIpc) is 1.53. The van der Waals surface area contributed by atoms with Gasteiger partial charge < -0.3 is 135 Å². The lowest BCUT2D eigenvalue weighted by atomic mass is 10.00. The fourth-order valence-electron chi connectivity index (χ4n) is 16.6. The number of carbonyl (C=O) groups is 17. The fraction of sp³-hybridized carbons (Fsp3) is 0.522. The summed E-state index contributed by atoms with van der Waals surface area (Å²) in [4.78, 5) is 269. The van der Waals surface area contributed by atoms with Gasteiger partial charge in [-0.2, -0.15) is 0 Å². The Hall–Kier alpha value is -13.8. The maximum atomic E-state index is 15.7. The van der Waals surface area contributed by atoms with Crippen LogP contribution in [0.15, 0.2) is 97.7 Å². The van der Waals surface area contributed by atoms with Gasteiger partial charge in [0.25, 0.3) is 0 Å². The number of fused-ring (bicyclic) bond motifs is 4. The Morgan fingerprint density at radius 2 is 1.14 bits per heavy atom. The number of amides is 17. The molecule has 6 aromatic rings. The molecule has 738 valence electrons. The number of carbonyl (C=O) groups excluding carboxylic acids is 17. The Morgan fingerprint density at radius 3 is 1.74 bits per heavy atom. The minimum Gasteiger partial charge on any atom is -0.508 e. The Bertz CT molecular complexity index is 5250. The molecule has 17 amide bonds. The predicted octanol–water partition coefficient (Wildman–Crippen LogP) is -4.08. The second kappa shape index (κ2) is 50.5. The molecule has 0 aliphatic carbocycles. The first-order valence-electron chi connectivity index (χ1n) is 45.1. The first kappa shape index (κ1) is 106. The summed E-state index contributed by atoms with van der Waals surface area (Å²) in [6.45, 7) is 3.91. The first-order chi connectivity index (χ1) is 64.8. The largest absolute Gasteiger partial charge is 0.508 e. The number of para-hydroxylation sites is 2. The molecule has 0 bridgehead atoms. The molecule has 3 saturated heterocycles. The smallest absolute Gasteiger partial charge is 0.246 e. The van der Waals surface area contributed by atoms with E-state index in [0.29, 0.717) is 57.0 Å². The van der Waals surface area contributed by atoms with Crippen molar-refractivity contribution in [1.82, 2.24) is 103 Å². The number of thioether (sulfide) groups is 1. The number of methoxy groups -OCH3 is 1. The number of unbranched alkanes of at least 4 members (excludes halogenated alkanes) is 1. The number of phenols is 1. The first-order valence-corrected chi connectivity index (χ1v) is 46.2. The number of primary amides is 2. The molecule has 0 spiro atoms. The summed E-state index contributed by atoms with van der Waals surface area (Å²) >= 11 is 0.746. The molecule has 0 saturated carbocycles. The van der Waals surface area contributed by atoms with Crippen molar-refractivity contribution in [2.75, 3.05) is 79.2 Å². The SMILES string of the molecule is CCCC[C@H]1C(=O)N(C)[C@@H](CCOC)C(=O)N[C@@H](CCCNC(=N)N)C(=O)N[C@H](C(=O)NCC(N)=O)CSCC(=O)N[C@@H](Cc2ccc(O)cc2)C(=O)N(C)[C@@H](C)C(=O)N[C@@H](CC(N)=O)C(=O)N2CCC[C@H]2C(=O)N[C@@H](Cc2cnc[nH]2)C(=O)N[C@@H](CC(C)C)C(=O)N2C[C@H](O)C[C@@H]2C(=O)N[C@@H](Cc2c[nH]c3ccccc23)C(=O)N[C@@H](CO)C(=O)N[C@@H](Cc2c[nH]c3ccccc23)C(=O)N1C. The van der Waals surface area contributed by atoms with Gasteiger partial charge in [-0.15, -0.1) is 11.8 Å². The molecule has 0 radical (unpaired) electrons. The van der Waals surface area contributed by atoms with Crippen LogP contribution in [-0.2, 0) is 112 Å². The van der Waals surface area contributed by atoms with Gasteiger partial charge in [0, 0.05) is 145 Å². The normalized spacial score (nSPS) is 24.7. The molecule has 9 rings (SSSR count). The van der Waals surface area contributed by atoms with Gasteiger partial charge in [-0.3, -0.25) is 86.9 Å². The van der Waals surface area contributed by atoms with Crippen molar-refractivity contribution in [3.63, 3.8) is 0 Å². The quantitative estimate of drug-likeness (QED) is 0.0139. The summed E-state index contributed by atoms with van der Waals surface area (Å²) in [6.07, 6.45) is 2.40. The van der Waals surface area contributed by atoms with Gasteiger partial charge in [0.2, 0.25) is 100 Å². The number of nitrogens with zero attached hydrogens (tertiary/aromatic N) is 6. The number of nitrogens with one attached hydrogen (secondary N) is 15. The van der Waals surface area contributed by atoms with Gasteiger partial charge in [0.1, 0.15) is 90.3 Å². The van der Waals surface area contributed by atoms with Crippen molar-refractivity contribution in [3.8, 4) is 5.75 Å². The van der Waals surface area contributed by atoms with E-state index < -0.39 is 241 Å². The average molecular weight is 1910 g/mol. The van der Waals surface area contributed by atoms with E-state index in [1.807, 2.05) is 6.92 Å². The molecule has 24 N–H and O–H groups in total. The lowest BCUT2D eigenvalue weighted by Crippen LogP contribution is -2.62. The molecule has 3 aromatic heterocycles. The molecule has 46 heteroatoms. The standard InChI is InChI=1S/C90H126N24O21S/c1-9-10-22-71-89(134)111(6)69(28-31-135-8)82(127)102-60(21-15-29-96-90(93)94)78(123)109-68(77(122)99-42-74(92)119)45-136-46-75(120)101-64(33-50-24-26-54(116)27-25-50)85(130)110(5)49(4)76(121)105-66(38-73(91)118)87(132)113-30-16-23-70(113)83(128)104-62(36-53-41-95-47-100-53)80(125)106-63(32-48(2)3)88(133)114-43-55(117)37-72(114)84(129)103-61(34-51-39-97-58-19-13-11-17-56(51)58)79(124)108-67(44-115)81(126)107-65(86(131)112(71)7)35-52-40-98-59-20-14-12-18-57(52)59/h11-14,17-20,24-27,39-41,47-49,55,60-72,97-98,115-117H,9-10,15-16,21-23,28-38,42-46H2,1-8H3,(H2,91,118)(H2,92,119)(H,95,100)(H,99,122)(H,101,120)(H,102,127)(H,103,129)(H,104,128)(H,105,121)(H,106,125)(H,107,126)(H,108,124)(H,109,123)(H4,93,94,96)/t49-,55+,60-,61-,62-,63-,64-,65-,66-,67-,68-,69-,70-,71-,72+/m0/s1. The second-order valence-corrected chi connectivity index (χ2v) is 35.6. The van der Waals surface area contributed by atoms with E-state index in [-0.39, 0.29) is 102 Å². The summed E-state index contributed by atoms with van der Waals surface area (Å²) in [7, 11) is 5.14. The highest BCUT2D eigenvalue weighted by molar-refractivity contribution is 8.00. The highest BCUT2D eigenvalue weighted by Gasteiger charge is 2.47. The van der Waals surface area contributed by atoms with Crippen molar-refractivity contribution in [2.45, 2.75) is 215 Å². The number of hydrogen-bond acceptors (Lipinski definition) is 24. The van der Waals surface area contributed by atoms with Gasteiger partial charge >= 0.3 is 0 Å². The van der Waals surface area contributed by atoms with Gasteiger partial charge in [0.05, 0.1) is 37.8 Å². The van der Waals surface area contributed by atoms with Crippen molar-refractivity contribution >= 4 is 140 Å². The number of likely N-dealkylation sites (N-methyl/N-ethyl adjacent to an activating group) is 3. The van der Waals surface area contributed by atoms with E-state index in [1.54, 1.807) is 74.8 Å². The highest BCUT2D eigenvalue weighted by Crippen LogP contribution is 2.28. The van der Waals surface area contributed by atoms with Crippen LogP contribution in [0.3, 0.4) is 0 Å². The summed E-state index contributed by atoms with van der Waals surface area (Å²) in [5.74, 6) is -18.4. The molecule has 3 aliphatic rings. The second-order valence-electron chi connectivity index (χ2n) is 34.6. The monoisotopic (exact) mass is 1910 g/mol. The molecule has 136 heavy (non-hydrogen) atoms. The van der Waals surface area contributed by atoms with Crippen molar-refractivity contribution < 1.29 is 102 Å². The number of aromatic nitrogens is 4. The van der Waals surface area contributed by atoms with Crippen LogP contribution in [0.2, 0.25) is 0 Å². The van der Waals surface area contributed by atoms with Crippen molar-refractivity contribution in [2.24, 2.45) is 23.1 Å². The third-order valence-electron chi connectivity index (χ3n) is 24.1. The number of benzene rings is 3. The minimum atomic E-state index is -1.91. The zero-order valence-corrected chi connectivity index (χ0v) is 78.1. The predicted molar refractivity (Wildman–Crippen MR) is 497 cm³/mol. The van der Waals surface area contributed by atoms with E-state index in [0.717, 1.165) is 36.3 Å². The third-order valence-corrected chi connectivity index (χ3v) is 25.1. The molecule has 3 aliphatic heterocycles. The molecule has 45 nitrogen and oxygen atoms in total. The summed E-state index contributed by atoms with van der Waals surface area (Å²) < 4.78 is 5.45. The van der Waals surface area contributed by atoms with Crippen LogP contribution in [0.25, 0.3) is 21.8 Å². The van der Waals surface area contributed by atoms with Gasteiger partial charge in [0.15, 0.2) is 5.96 Å². The summed E-state index contributed by atoms with van der Waals surface area (Å²) in [5.41, 5.74) is 19.7. The number of nitrogens with two attached hydrogens (primary N) is 3. The molecule has 3 aromatic carbocycles. The number of ether oxygens (including phenoxy) is 1. The van der Waals surface area contributed by atoms with Crippen LogP contribution in [0.4, 0.5) is 0 Å². The summed E-state index contributed by atoms with van der Waals surface area (Å²) in [6, 6.07) is -2.66. The maximum absolute atomic E-state index is 15.7. The number of imidazole rings is 1. The van der Waals surface area contributed by atoms with Gasteiger partial charge in [-0.05, 0) is 92.3 Å². The number of hydrogen-bond donors (Lipinski definition) is 21. The lowest BCUT2D eigenvalue weighted by Gasteiger charge is -2.36. The zero-order valence-electron chi connectivity index (χ0n) is 77.3. The minimum absolute atomic E-state index is 0.00792. The Labute approximate surface area is 788 Å². The van der Waals surface area contributed by atoms with Crippen LogP contribution in [0, 0.1) is 11.3 Å². The summed E-state index contributed by atoms with van der Waals surface area (Å²) in [5, 5.41) is 70.9. The molecular weight excluding hydrogens is 1790 g/mol. The topological polar surface area (TPSA) is 671 Å². The number of aliphatic hydroxyl groups is 2. The zero-order chi connectivity index (χ0) is 99.3. The van der Waals surface area contributed by atoms with Crippen LogP contribution in [0.1, 0.15) is 121 Å². The molecule has 6 heterocycles. The number of guanidine groups is 1. The van der Waals surface area contributed by atoms with Gasteiger partial charge in [-0.25, -0.2) is 4.98 Å². The van der Waals surface area contributed by atoms with E-state index in [2.05, 4.69) is 78.4 Å². The number of rotatable bonds is 26. The Kier molecular flexibility index (Phi) is 39.4. The van der Waals surface area contributed by atoms with E-state index in [1.165, 1.54) is 72.0 Å². The van der Waals surface area contributed by atoms with E-state index >= 15 is 38.4 Å². The van der Waals surface area contributed by atoms with Gasteiger partial charge in [-0.1, -0.05) is 82.1 Å². The number of aromatic amines is 3. The van der Waals surface area contributed by atoms with Crippen LogP contribution < -0.4 is 75.7 Å². The van der Waals surface area contributed by atoms with Crippen molar-refractivity contribution in [1.29, 1.82) is 5.41 Å². The van der Waals surface area contributed by atoms with Crippen molar-refractivity contribution in [3.05, 3.63) is 120 Å². The third kappa shape index (κ3) is 29.4.